The van der Waals surface area contributed by atoms with E-state index in [1.54, 1.807) is 24.3 Å². The van der Waals surface area contributed by atoms with Crippen molar-refractivity contribution in [3.8, 4) is 11.5 Å². The van der Waals surface area contributed by atoms with Gasteiger partial charge < -0.3 is 19.2 Å². The van der Waals surface area contributed by atoms with Crippen LogP contribution in [-0.2, 0) is 10.5 Å². The number of benzene rings is 1. The normalized spacial score (nSPS) is 10.7. The summed E-state index contributed by atoms with van der Waals surface area (Å²) in [6.45, 7) is 5.19. The summed E-state index contributed by atoms with van der Waals surface area (Å²) in [5.41, 5.74) is -0.201. The van der Waals surface area contributed by atoms with Crippen molar-refractivity contribution in [3.05, 3.63) is 58.1 Å². The number of aromatic nitrogens is 2. The number of ether oxygens (including phenoxy) is 2. The molecule has 0 saturated heterocycles. The Morgan fingerprint density at radius 2 is 1.97 bits per heavy atom. The van der Waals surface area contributed by atoms with Crippen molar-refractivity contribution in [2.45, 2.75) is 37.0 Å². The molecule has 3 aromatic rings. The maximum absolute atomic E-state index is 12.3. The van der Waals surface area contributed by atoms with E-state index in [0.717, 1.165) is 6.26 Å². The van der Waals surface area contributed by atoms with E-state index in [0.29, 0.717) is 26.7 Å². The van der Waals surface area contributed by atoms with Crippen molar-refractivity contribution in [3.63, 3.8) is 0 Å². The van der Waals surface area contributed by atoms with Crippen LogP contribution in [0, 0.1) is 0 Å². The Bertz CT molecular complexity index is 1120. The quantitative estimate of drug-likeness (QED) is 0.304. The van der Waals surface area contributed by atoms with Crippen molar-refractivity contribution in [2.75, 3.05) is 5.32 Å². The van der Waals surface area contributed by atoms with Gasteiger partial charge in [0.2, 0.25) is 22.2 Å². The average Bonchev–Trinajstić information content (AvgIpc) is 3.15. The van der Waals surface area contributed by atoms with Crippen molar-refractivity contribution in [2.24, 2.45) is 0 Å². The minimum Gasteiger partial charge on any atom is -0.491 e. The molecule has 3 rings (SSSR count). The molecule has 9 nitrogen and oxygen atoms in total. The van der Waals surface area contributed by atoms with Gasteiger partial charge in [-0.25, -0.2) is 4.79 Å². The summed E-state index contributed by atoms with van der Waals surface area (Å²) >= 11 is 2.50. The van der Waals surface area contributed by atoms with E-state index < -0.39 is 11.4 Å². The van der Waals surface area contributed by atoms with Crippen molar-refractivity contribution in [1.29, 1.82) is 0 Å². The average molecular weight is 462 g/mol. The summed E-state index contributed by atoms with van der Waals surface area (Å²) in [5.74, 6) is 0.211. The van der Waals surface area contributed by atoms with Gasteiger partial charge in [-0.15, -0.1) is 10.2 Å². The summed E-state index contributed by atoms with van der Waals surface area (Å²) in [4.78, 5) is 35.6. The third-order valence-corrected chi connectivity index (χ3v) is 5.54. The van der Waals surface area contributed by atoms with E-state index in [9.17, 15) is 14.4 Å². The van der Waals surface area contributed by atoms with Gasteiger partial charge in [-0.2, -0.15) is 0 Å². The first-order valence-corrected chi connectivity index (χ1v) is 10.9. The molecule has 0 bridgehead atoms. The first kappa shape index (κ1) is 22.5. The van der Waals surface area contributed by atoms with Crippen LogP contribution in [0.2, 0.25) is 0 Å². The Hall–Kier alpha value is -3.18. The maximum Gasteiger partial charge on any atom is 0.343 e. The smallest absolute Gasteiger partial charge is 0.343 e. The molecule has 0 atom stereocenters. The number of nitrogens with zero attached hydrogens (tertiary/aromatic N) is 2. The summed E-state index contributed by atoms with van der Waals surface area (Å²) in [5, 5.41) is 10.7. The number of hydrogen-bond donors (Lipinski definition) is 1. The maximum atomic E-state index is 12.3. The van der Waals surface area contributed by atoms with Gasteiger partial charge in [-0.05, 0) is 38.1 Å². The molecule has 0 spiro atoms. The SMILES string of the molecule is CC(=O)Nc1nnc(SCc2cc(=O)c(OC(=O)c3ccc(OC(C)C)cc3)co2)s1. The third-order valence-electron chi connectivity index (χ3n) is 3.54. The number of esters is 1. The topological polar surface area (TPSA) is 121 Å². The molecule has 162 valence electrons. The Morgan fingerprint density at radius 3 is 2.61 bits per heavy atom. The third kappa shape index (κ3) is 6.66. The number of carbonyl (C=O) groups excluding carboxylic acids is 2. The molecule has 11 heteroatoms. The molecule has 31 heavy (non-hydrogen) atoms. The summed E-state index contributed by atoms with van der Waals surface area (Å²) in [6, 6.07) is 7.69. The van der Waals surface area contributed by atoms with E-state index in [1.807, 2.05) is 13.8 Å². The van der Waals surface area contributed by atoms with Crippen LogP contribution in [0.4, 0.5) is 5.13 Å². The summed E-state index contributed by atoms with van der Waals surface area (Å²) < 4.78 is 16.7. The van der Waals surface area contributed by atoms with Crippen LogP contribution < -0.4 is 20.2 Å². The minimum absolute atomic E-state index is 0.0187. The van der Waals surface area contributed by atoms with Crippen molar-refractivity contribution >= 4 is 40.1 Å². The highest BCUT2D eigenvalue weighted by Crippen LogP contribution is 2.28. The van der Waals surface area contributed by atoms with Crippen LogP contribution >= 0.6 is 23.1 Å². The lowest BCUT2D eigenvalue weighted by molar-refractivity contribution is -0.114. The van der Waals surface area contributed by atoms with Gasteiger partial charge in [0.1, 0.15) is 17.8 Å². The Labute approximate surface area is 185 Å². The fourth-order valence-electron chi connectivity index (χ4n) is 2.29. The molecule has 0 radical (unpaired) electrons. The minimum atomic E-state index is -0.676. The van der Waals surface area contributed by atoms with E-state index in [4.69, 9.17) is 13.9 Å². The molecular formula is C20H19N3O6S2. The number of nitrogens with one attached hydrogen (secondary N) is 1. The second kappa shape index (κ2) is 10.2. The van der Waals surface area contributed by atoms with Gasteiger partial charge in [0.25, 0.3) is 0 Å². The molecule has 0 unspecified atom stereocenters. The highest BCUT2D eigenvalue weighted by molar-refractivity contribution is 8.00. The second-order valence-electron chi connectivity index (χ2n) is 6.50. The van der Waals surface area contributed by atoms with Gasteiger partial charge >= 0.3 is 5.97 Å². The fraction of sp³-hybridized carbons (Fsp3) is 0.250. The number of rotatable bonds is 8. The van der Waals surface area contributed by atoms with Gasteiger partial charge in [0, 0.05) is 13.0 Å². The number of amides is 1. The zero-order chi connectivity index (χ0) is 22.4. The van der Waals surface area contributed by atoms with Crippen LogP contribution in [0.1, 0.15) is 36.9 Å². The first-order chi connectivity index (χ1) is 14.8. The van der Waals surface area contributed by atoms with Gasteiger partial charge in [-0.1, -0.05) is 23.1 Å². The van der Waals surface area contributed by atoms with E-state index >= 15 is 0 Å². The lowest BCUT2D eigenvalue weighted by Gasteiger charge is -2.09. The molecule has 0 aliphatic carbocycles. The predicted octanol–water partition coefficient (Wildman–Crippen LogP) is 3.75. The van der Waals surface area contributed by atoms with E-state index in [2.05, 4.69) is 15.5 Å². The molecule has 0 aliphatic rings. The molecule has 2 heterocycles. The Morgan fingerprint density at radius 1 is 1.23 bits per heavy atom. The summed E-state index contributed by atoms with van der Waals surface area (Å²) in [6.07, 6.45) is 1.13. The van der Waals surface area contributed by atoms with Crippen molar-refractivity contribution < 1.29 is 23.5 Å². The van der Waals surface area contributed by atoms with Crippen LogP contribution in [-0.4, -0.2) is 28.2 Å². The number of hydrogen-bond acceptors (Lipinski definition) is 10. The molecule has 0 fully saturated rings. The van der Waals surface area contributed by atoms with Crippen LogP contribution in [0.25, 0.3) is 0 Å². The Kier molecular flexibility index (Phi) is 7.42. The Balaban J connectivity index is 1.58. The molecule has 1 amide bonds. The molecular weight excluding hydrogens is 442 g/mol. The monoisotopic (exact) mass is 461 g/mol. The lowest BCUT2D eigenvalue weighted by atomic mass is 10.2. The zero-order valence-electron chi connectivity index (χ0n) is 16.9. The van der Waals surface area contributed by atoms with Crippen LogP contribution in [0.3, 0.4) is 0 Å². The largest absolute Gasteiger partial charge is 0.491 e. The standard InChI is InChI=1S/C20H19N3O6S2/c1-11(2)28-14-6-4-13(5-7-14)18(26)29-17-9-27-15(8-16(17)25)10-30-20-23-22-19(31-20)21-12(3)24/h4-9,11H,10H2,1-3H3,(H,21,22,24). The zero-order valence-corrected chi connectivity index (χ0v) is 18.5. The highest BCUT2D eigenvalue weighted by Gasteiger charge is 2.14. The van der Waals surface area contributed by atoms with Gasteiger partial charge in [0.05, 0.1) is 17.4 Å². The second-order valence-corrected chi connectivity index (χ2v) is 8.70. The van der Waals surface area contributed by atoms with Crippen LogP contribution in [0.5, 0.6) is 11.5 Å². The van der Waals surface area contributed by atoms with Crippen LogP contribution in [0.15, 0.2) is 50.1 Å². The van der Waals surface area contributed by atoms with Crippen molar-refractivity contribution in [1.82, 2.24) is 10.2 Å². The molecule has 2 aromatic heterocycles. The van der Waals surface area contributed by atoms with E-state index in [-0.39, 0.29) is 23.3 Å². The summed E-state index contributed by atoms with van der Waals surface area (Å²) in [7, 11) is 0. The number of thioether (sulfide) groups is 1. The molecule has 0 saturated carbocycles. The number of anilines is 1. The predicted molar refractivity (Wildman–Crippen MR) is 116 cm³/mol. The lowest BCUT2D eigenvalue weighted by Crippen LogP contribution is -2.14. The first-order valence-electron chi connectivity index (χ1n) is 9.14. The van der Waals surface area contributed by atoms with Gasteiger partial charge in [-0.3, -0.25) is 9.59 Å². The molecule has 1 aromatic carbocycles. The highest BCUT2D eigenvalue weighted by atomic mass is 32.2. The van der Waals surface area contributed by atoms with E-state index in [1.165, 1.54) is 36.1 Å². The molecule has 0 aliphatic heterocycles. The fourth-order valence-corrected chi connectivity index (χ4v) is 3.98. The molecule has 1 N–H and O–H groups in total. The van der Waals surface area contributed by atoms with Gasteiger partial charge in [0.15, 0.2) is 4.34 Å². The number of carbonyl (C=O) groups is 2.